The number of fused-ring (bicyclic) bond motifs is 5. The molecule has 6 atom stereocenters. The van der Waals surface area contributed by atoms with E-state index in [2.05, 4.69) is 0 Å². The fourth-order valence-corrected chi connectivity index (χ4v) is 10.6. The molecule has 1 N–H and O–H groups in total. The Hall–Kier alpha value is -4.81. The van der Waals surface area contributed by atoms with Crippen molar-refractivity contribution in [2.24, 2.45) is 36.1 Å². The number of aromatic nitrogens is 2. The second kappa shape index (κ2) is 11.3. The summed E-state index contributed by atoms with van der Waals surface area (Å²) in [6, 6.07) is 11.1. The van der Waals surface area contributed by atoms with E-state index < -0.39 is 64.7 Å². The summed E-state index contributed by atoms with van der Waals surface area (Å²) >= 11 is 7.85. The minimum atomic E-state index is -1.29. The van der Waals surface area contributed by atoms with Crippen molar-refractivity contribution in [3.05, 3.63) is 75.3 Å². The van der Waals surface area contributed by atoms with Crippen LogP contribution in [0.2, 0.25) is 5.02 Å². The first-order valence-electron chi connectivity index (χ1n) is 16.8. The molecular weight excluding hydrogens is 692 g/mol. The monoisotopic (exact) mass is 726 g/mol. The van der Waals surface area contributed by atoms with Gasteiger partial charge in [-0.3, -0.25) is 23.9 Å². The second-order valence-electron chi connectivity index (χ2n) is 14.4. The Kier molecular flexibility index (Phi) is 7.42. The maximum atomic E-state index is 15.0. The number of aryl methyl sites for hydroxylation is 4. The summed E-state index contributed by atoms with van der Waals surface area (Å²) in [5.41, 5.74) is 3.03. The van der Waals surface area contributed by atoms with Gasteiger partial charge in [0, 0.05) is 28.8 Å². The predicted octanol–water partition coefficient (Wildman–Crippen LogP) is 6.58. The summed E-state index contributed by atoms with van der Waals surface area (Å²) < 4.78 is 7.36. The molecule has 2 aromatic carbocycles. The zero-order valence-electron chi connectivity index (χ0n) is 28.8. The number of phenolic OH excluding ortho intramolecular Hbond substituents is 1. The lowest BCUT2D eigenvalue weighted by Crippen LogP contribution is -2.49. The first kappa shape index (κ1) is 33.3. The number of benzene rings is 2. The number of carbonyl (C=O) groups is 5. The quantitative estimate of drug-likeness (QED) is 0.185. The number of anilines is 1. The third-order valence-corrected chi connectivity index (χ3v) is 13.2. The van der Waals surface area contributed by atoms with Gasteiger partial charge in [0.05, 0.1) is 35.2 Å². The van der Waals surface area contributed by atoms with Crippen LogP contribution in [0.5, 0.6) is 5.75 Å². The molecule has 8 rings (SSSR count). The van der Waals surface area contributed by atoms with Gasteiger partial charge in [-0.2, -0.15) is 10.00 Å². The van der Waals surface area contributed by atoms with Crippen molar-refractivity contribution in [3.8, 4) is 16.3 Å². The van der Waals surface area contributed by atoms with Gasteiger partial charge < -0.3 is 9.84 Å². The smallest absolute Gasteiger partial charge is 0.423 e. The zero-order valence-corrected chi connectivity index (χ0v) is 30.4. The molecule has 1 saturated carbocycles. The summed E-state index contributed by atoms with van der Waals surface area (Å²) in [5.74, 6) is -5.46. The van der Waals surface area contributed by atoms with E-state index in [1.807, 2.05) is 50.3 Å². The number of thiophene rings is 1. The molecule has 6 unspecified atom stereocenters. The molecule has 0 bridgehead atoms. The predicted molar refractivity (Wildman–Crippen MR) is 190 cm³/mol. The largest absolute Gasteiger partial charge is 0.507 e. The van der Waals surface area contributed by atoms with E-state index in [1.165, 1.54) is 4.90 Å². The third kappa shape index (κ3) is 4.48. The molecule has 5 amide bonds. The molecule has 2 aliphatic carbocycles. The van der Waals surface area contributed by atoms with Gasteiger partial charge >= 0.3 is 6.09 Å². The molecule has 13 heteroatoms. The van der Waals surface area contributed by atoms with Crippen molar-refractivity contribution in [2.75, 3.05) is 12.0 Å². The van der Waals surface area contributed by atoms with Gasteiger partial charge in [0.25, 0.3) is 0 Å². The number of nitrogens with zero attached hydrogens (tertiary/aromatic N) is 4. The van der Waals surface area contributed by atoms with Crippen molar-refractivity contribution in [3.63, 3.8) is 0 Å². The number of amides is 5. The molecule has 51 heavy (non-hydrogen) atoms. The molecule has 2 saturated heterocycles. The SMILES string of the molecule is COC(=O)N1C(=O)C2CC=C3C(CC4C(=O)N(c5cc(-c6sc7ccc(Cl)cc7c6C)nn5C)C(=O)C4(C)C3c3cc(C)c(O)c(C)c3)C2C1=O. The summed E-state index contributed by atoms with van der Waals surface area (Å²) in [5, 5.41) is 17.1. The molecule has 2 aromatic heterocycles. The van der Waals surface area contributed by atoms with Gasteiger partial charge in [-0.15, -0.1) is 11.3 Å². The highest BCUT2D eigenvalue weighted by Crippen LogP contribution is 2.64. The number of ether oxygens (including phenoxy) is 1. The molecule has 3 fully saturated rings. The average molecular weight is 727 g/mol. The van der Waals surface area contributed by atoms with E-state index >= 15 is 4.79 Å². The molecular formula is C38H35ClN4O7S. The van der Waals surface area contributed by atoms with E-state index in [9.17, 15) is 24.3 Å². The van der Waals surface area contributed by atoms with Crippen LogP contribution >= 0.6 is 22.9 Å². The molecule has 11 nitrogen and oxygen atoms in total. The topological polar surface area (TPSA) is 139 Å². The van der Waals surface area contributed by atoms with Gasteiger partial charge in [0.2, 0.25) is 23.6 Å². The van der Waals surface area contributed by atoms with Crippen LogP contribution in [0.1, 0.15) is 47.9 Å². The lowest BCUT2D eigenvalue weighted by atomic mass is 9.51. The molecule has 2 aliphatic heterocycles. The number of methoxy groups -OCH3 is 1. The van der Waals surface area contributed by atoms with E-state index in [1.54, 1.807) is 43.0 Å². The van der Waals surface area contributed by atoms with Gasteiger partial charge in [0.1, 0.15) is 17.3 Å². The highest BCUT2D eigenvalue weighted by Gasteiger charge is 2.68. The lowest BCUT2D eigenvalue weighted by molar-refractivity contribution is -0.138. The van der Waals surface area contributed by atoms with Crippen LogP contribution in [0.25, 0.3) is 20.7 Å². The van der Waals surface area contributed by atoms with Gasteiger partial charge in [0.15, 0.2) is 0 Å². The van der Waals surface area contributed by atoms with Crippen LogP contribution in [0.3, 0.4) is 0 Å². The van der Waals surface area contributed by atoms with Crippen LogP contribution in [0, 0.1) is 49.9 Å². The number of hydrogen-bond donors (Lipinski definition) is 1. The minimum Gasteiger partial charge on any atom is -0.507 e. The van der Waals surface area contributed by atoms with Crippen LogP contribution in [-0.2, 0) is 31.0 Å². The fraction of sp³-hybridized carbons (Fsp3) is 0.368. The number of allylic oxidation sites excluding steroid dienone is 2. The van der Waals surface area contributed by atoms with Crippen LogP contribution in [0.4, 0.5) is 10.6 Å². The Labute approximate surface area is 302 Å². The summed E-state index contributed by atoms with van der Waals surface area (Å²) in [4.78, 5) is 72.3. The molecule has 4 aromatic rings. The summed E-state index contributed by atoms with van der Waals surface area (Å²) in [7, 11) is 2.82. The number of likely N-dealkylation sites (tertiary alicyclic amines) is 1. The summed E-state index contributed by atoms with van der Waals surface area (Å²) in [6.07, 6.45) is 1.20. The van der Waals surface area contributed by atoms with Crippen molar-refractivity contribution < 1.29 is 33.8 Å². The highest BCUT2D eigenvalue weighted by atomic mass is 35.5. The van der Waals surface area contributed by atoms with Gasteiger partial charge in [-0.25, -0.2) is 9.69 Å². The van der Waals surface area contributed by atoms with Crippen molar-refractivity contribution in [2.45, 2.75) is 46.5 Å². The zero-order chi connectivity index (χ0) is 36.4. The maximum Gasteiger partial charge on any atom is 0.423 e. The number of aromatic hydroxyl groups is 1. The fourth-order valence-electron chi connectivity index (χ4n) is 9.26. The lowest BCUT2D eigenvalue weighted by Gasteiger charge is -2.49. The Balaban J connectivity index is 1.26. The minimum absolute atomic E-state index is 0.131. The molecule has 262 valence electrons. The second-order valence-corrected chi connectivity index (χ2v) is 15.8. The first-order chi connectivity index (χ1) is 24.2. The standard InChI is InChI=1S/C38H35ClN4O7S/c1-16-11-19(12-17(2)31(16)44)30-21-8-9-22-29(35(47)43(33(22)45)37(49)50-6)24(21)14-25-34(46)42(36(48)38(25,30)4)28-15-26(40-41(28)5)32-18(3)23-13-20(39)7-10-27(23)51-32/h7-8,10-13,15,22,24-25,29-30,44H,9,14H2,1-6H3. The number of hydrogen-bond acceptors (Lipinski definition) is 9. The van der Waals surface area contributed by atoms with E-state index in [4.69, 9.17) is 21.4 Å². The molecule has 0 spiro atoms. The first-order valence-corrected chi connectivity index (χ1v) is 18.0. The van der Waals surface area contributed by atoms with E-state index in [-0.39, 0.29) is 18.6 Å². The van der Waals surface area contributed by atoms with Crippen molar-refractivity contribution >= 4 is 68.6 Å². The van der Waals surface area contributed by atoms with Crippen molar-refractivity contribution in [1.82, 2.24) is 14.7 Å². The van der Waals surface area contributed by atoms with Gasteiger partial charge in [-0.1, -0.05) is 35.4 Å². The Bertz CT molecular complexity index is 2280. The number of imide groups is 4. The number of phenols is 1. The maximum absolute atomic E-state index is 15.0. The normalized spacial score (nSPS) is 27.2. The Morgan fingerprint density at radius 2 is 1.73 bits per heavy atom. The molecule has 4 aliphatic rings. The number of carbonyl (C=O) groups excluding carboxylic acids is 5. The highest BCUT2D eigenvalue weighted by molar-refractivity contribution is 7.22. The average Bonchev–Trinajstić information content (AvgIpc) is 3.76. The Morgan fingerprint density at radius 1 is 1.02 bits per heavy atom. The van der Waals surface area contributed by atoms with Crippen molar-refractivity contribution in [1.29, 1.82) is 0 Å². The van der Waals surface area contributed by atoms with E-state index in [0.717, 1.165) is 38.8 Å². The number of halogens is 1. The Morgan fingerprint density at radius 3 is 2.41 bits per heavy atom. The van der Waals surface area contributed by atoms with Crippen LogP contribution in [0.15, 0.2) is 48.0 Å². The summed E-state index contributed by atoms with van der Waals surface area (Å²) in [6.45, 7) is 7.36. The number of rotatable bonds is 3. The molecule has 0 radical (unpaired) electrons. The van der Waals surface area contributed by atoms with Crippen LogP contribution < -0.4 is 4.90 Å². The van der Waals surface area contributed by atoms with E-state index in [0.29, 0.717) is 32.6 Å². The van der Waals surface area contributed by atoms with Crippen LogP contribution in [-0.4, -0.2) is 56.6 Å². The molecule has 4 heterocycles. The van der Waals surface area contributed by atoms with Gasteiger partial charge in [-0.05, 0) is 92.3 Å². The third-order valence-electron chi connectivity index (χ3n) is 11.7.